The normalized spacial score (nSPS) is 11.4. The van der Waals surface area contributed by atoms with E-state index in [0.29, 0.717) is 16.1 Å². The number of hydrogen-bond acceptors (Lipinski definition) is 1. The van der Waals surface area contributed by atoms with E-state index in [4.69, 9.17) is 11.6 Å². The van der Waals surface area contributed by atoms with Gasteiger partial charge in [0.1, 0.15) is 0 Å². The average Bonchev–Trinajstić information content (AvgIpc) is 2.37. The number of halogens is 1. The largest absolute Gasteiger partial charge is 0.289 e. The van der Waals surface area contributed by atoms with Crippen LogP contribution in [-0.2, 0) is 5.41 Å². The third-order valence-electron chi connectivity index (χ3n) is 3.45. The van der Waals surface area contributed by atoms with Crippen LogP contribution < -0.4 is 0 Å². The highest BCUT2D eigenvalue weighted by Crippen LogP contribution is 2.24. The topological polar surface area (TPSA) is 17.1 Å². The lowest BCUT2D eigenvalue weighted by atomic mass is 9.86. The number of ketones is 1. The van der Waals surface area contributed by atoms with Crippen LogP contribution in [0.15, 0.2) is 42.5 Å². The highest BCUT2D eigenvalue weighted by atomic mass is 35.5. The maximum Gasteiger partial charge on any atom is 0.193 e. The summed E-state index contributed by atoms with van der Waals surface area (Å²) in [5, 5.41) is 0.655. The van der Waals surface area contributed by atoms with Crippen molar-refractivity contribution in [2.24, 2.45) is 0 Å². The van der Waals surface area contributed by atoms with Crippen LogP contribution in [0.1, 0.15) is 47.8 Å². The Hall–Kier alpha value is -1.60. The molecule has 0 aliphatic rings. The third-order valence-corrected chi connectivity index (χ3v) is 3.68. The Morgan fingerprint density at radius 2 is 1.60 bits per heavy atom. The molecular formula is C18H19ClO. The van der Waals surface area contributed by atoms with Crippen LogP contribution in [-0.4, -0.2) is 5.78 Å². The lowest BCUT2D eigenvalue weighted by Crippen LogP contribution is -2.11. The van der Waals surface area contributed by atoms with Crippen molar-refractivity contribution in [3.8, 4) is 0 Å². The fourth-order valence-corrected chi connectivity index (χ4v) is 2.39. The van der Waals surface area contributed by atoms with Crippen molar-refractivity contribution in [2.75, 3.05) is 0 Å². The first-order valence-electron chi connectivity index (χ1n) is 6.70. The second kappa shape index (κ2) is 5.41. The number of carbonyl (C=O) groups excluding carboxylic acids is 1. The molecule has 104 valence electrons. The van der Waals surface area contributed by atoms with E-state index in [0.717, 1.165) is 5.56 Å². The van der Waals surface area contributed by atoms with Crippen molar-refractivity contribution in [3.05, 3.63) is 69.7 Å². The molecular weight excluding hydrogens is 268 g/mol. The maximum absolute atomic E-state index is 12.5. The molecule has 0 aromatic heterocycles. The van der Waals surface area contributed by atoms with Crippen molar-refractivity contribution in [1.29, 1.82) is 0 Å². The Balaban J connectivity index is 2.34. The second-order valence-corrected chi connectivity index (χ2v) is 6.55. The van der Waals surface area contributed by atoms with Crippen LogP contribution in [0.25, 0.3) is 0 Å². The van der Waals surface area contributed by atoms with Gasteiger partial charge in [-0.15, -0.1) is 0 Å². The smallest absolute Gasteiger partial charge is 0.193 e. The molecule has 0 saturated carbocycles. The molecule has 1 nitrogen and oxygen atoms in total. The van der Waals surface area contributed by atoms with Crippen LogP contribution >= 0.6 is 11.6 Å². The predicted molar refractivity (Wildman–Crippen MR) is 84.8 cm³/mol. The molecule has 0 heterocycles. The summed E-state index contributed by atoms with van der Waals surface area (Å²) in [4.78, 5) is 12.5. The predicted octanol–water partition coefficient (Wildman–Crippen LogP) is 5.18. The van der Waals surface area contributed by atoms with E-state index in [-0.39, 0.29) is 11.2 Å². The molecule has 0 spiro atoms. The van der Waals surface area contributed by atoms with Crippen molar-refractivity contribution < 1.29 is 4.79 Å². The minimum atomic E-state index is 0.0413. The first kappa shape index (κ1) is 14.8. The number of hydrogen-bond donors (Lipinski definition) is 0. The van der Waals surface area contributed by atoms with Gasteiger partial charge in [-0.05, 0) is 41.7 Å². The van der Waals surface area contributed by atoms with E-state index in [2.05, 4.69) is 20.8 Å². The van der Waals surface area contributed by atoms with Gasteiger partial charge < -0.3 is 0 Å². The first-order valence-corrected chi connectivity index (χ1v) is 7.08. The Labute approximate surface area is 125 Å². The summed E-state index contributed by atoms with van der Waals surface area (Å²) in [6.07, 6.45) is 0. The lowest BCUT2D eigenvalue weighted by molar-refractivity contribution is 0.103. The fourth-order valence-electron chi connectivity index (χ4n) is 2.16. The summed E-state index contributed by atoms with van der Waals surface area (Å²) < 4.78 is 0. The van der Waals surface area contributed by atoms with E-state index in [9.17, 15) is 4.79 Å². The summed E-state index contributed by atoms with van der Waals surface area (Å²) >= 11 is 5.93. The summed E-state index contributed by atoms with van der Waals surface area (Å²) in [6, 6.07) is 13.2. The molecule has 0 N–H and O–H groups in total. The van der Waals surface area contributed by atoms with Gasteiger partial charge in [0.2, 0.25) is 0 Å². The monoisotopic (exact) mass is 286 g/mol. The van der Waals surface area contributed by atoms with Gasteiger partial charge in [-0.25, -0.2) is 0 Å². The second-order valence-electron chi connectivity index (χ2n) is 6.12. The Morgan fingerprint density at radius 3 is 2.10 bits per heavy atom. The van der Waals surface area contributed by atoms with Gasteiger partial charge in [-0.1, -0.05) is 56.6 Å². The molecule has 0 fully saturated rings. The zero-order valence-corrected chi connectivity index (χ0v) is 13.1. The summed E-state index contributed by atoms with van der Waals surface area (Å²) in [5.41, 5.74) is 3.64. The van der Waals surface area contributed by atoms with Crippen LogP contribution in [0.4, 0.5) is 0 Å². The number of carbonyl (C=O) groups is 1. The Bertz CT molecular complexity index is 633. The van der Waals surface area contributed by atoms with Gasteiger partial charge in [0.15, 0.2) is 5.78 Å². The van der Waals surface area contributed by atoms with Gasteiger partial charge in [0.05, 0.1) is 0 Å². The minimum Gasteiger partial charge on any atom is -0.289 e. The van der Waals surface area contributed by atoms with Crippen molar-refractivity contribution in [3.63, 3.8) is 0 Å². The summed E-state index contributed by atoms with van der Waals surface area (Å²) in [7, 11) is 0. The van der Waals surface area contributed by atoms with Gasteiger partial charge in [0, 0.05) is 16.1 Å². The highest BCUT2D eigenvalue weighted by Gasteiger charge is 2.16. The molecule has 0 radical (unpaired) electrons. The molecule has 0 saturated heterocycles. The SMILES string of the molecule is Cc1cc(Cl)ccc1C(=O)c1ccc(C(C)(C)C)cc1. The maximum atomic E-state index is 12.5. The number of rotatable bonds is 2. The van der Waals surface area contributed by atoms with Crippen molar-refractivity contribution in [2.45, 2.75) is 33.1 Å². The van der Waals surface area contributed by atoms with Gasteiger partial charge in [-0.3, -0.25) is 4.79 Å². The van der Waals surface area contributed by atoms with Gasteiger partial charge in [-0.2, -0.15) is 0 Å². The Morgan fingerprint density at radius 1 is 1.00 bits per heavy atom. The molecule has 2 heteroatoms. The van der Waals surface area contributed by atoms with Crippen molar-refractivity contribution >= 4 is 17.4 Å². The minimum absolute atomic E-state index is 0.0413. The number of benzene rings is 2. The average molecular weight is 287 g/mol. The quantitative estimate of drug-likeness (QED) is 0.696. The van der Waals surface area contributed by atoms with E-state index in [1.54, 1.807) is 12.1 Å². The van der Waals surface area contributed by atoms with E-state index in [1.807, 2.05) is 37.3 Å². The summed E-state index contributed by atoms with van der Waals surface area (Å²) in [6.45, 7) is 8.39. The zero-order valence-electron chi connectivity index (χ0n) is 12.3. The molecule has 2 aromatic carbocycles. The van der Waals surface area contributed by atoms with Crippen LogP contribution in [0.3, 0.4) is 0 Å². The molecule has 0 bridgehead atoms. The van der Waals surface area contributed by atoms with Crippen LogP contribution in [0.2, 0.25) is 5.02 Å². The zero-order chi connectivity index (χ0) is 14.9. The van der Waals surface area contributed by atoms with E-state index >= 15 is 0 Å². The Kier molecular flexibility index (Phi) is 4.01. The number of aryl methyl sites for hydroxylation is 1. The molecule has 2 rings (SSSR count). The molecule has 0 amide bonds. The van der Waals surface area contributed by atoms with E-state index in [1.165, 1.54) is 5.56 Å². The third kappa shape index (κ3) is 3.10. The van der Waals surface area contributed by atoms with Crippen LogP contribution in [0, 0.1) is 6.92 Å². The summed E-state index contributed by atoms with van der Waals surface area (Å²) in [5.74, 6) is 0.0413. The molecule has 20 heavy (non-hydrogen) atoms. The first-order chi connectivity index (χ1) is 9.29. The van der Waals surface area contributed by atoms with Crippen molar-refractivity contribution in [1.82, 2.24) is 0 Å². The molecule has 2 aromatic rings. The highest BCUT2D eigenvalue weighted by molar-refractivity contribution is 6.30. The molecule has 0 unspecified atom stereocenters. The van der Waals surface area contributed by atoms with Gasteiger partial charge in [0.25, 0.3) is 0 Å². The van der Waals surface area contributed by atoms with Gasteiger partial charge >= 0.3 is 0 Å². The van der Waals surface area contributed by atoms with E-state index < -0.39 is 0 Å². The standard InChI is InChI=1S/C18H19ClO/c1-12-11-15(19)9-10-16(12)17(20)13-5-7-14(8-6-13)18(2,3)4/h5-11H,1-4H3. The molecule has 0 aliphatic carbocycles. The molecule has 0 aliphatic heterocycles. The lowest BCUT2D eigenvalue weighted by Gasteiger charge is -2.19. The fraction of sp³-hybridized carbons (Fsp3) is 0.278. The van der Waals surface area contributed by atoms with Crippen LogP contribution in [0.5, 0.6) is 0 Å². The molecule has 0 atom stereocenters.